The fraction of sp³-hybridized carbons (Fsp3) is 0.400. The Labute approximate surface area is 113 Å². The molecule has 0 amide bonds. The van der Waals surface area contributed by atoms with Gasteiger partial charge in [0.1, 0.15) is 5.82 Å². The van der Waals surface area contributed by atoms with Gasteiger partial charge in [-0.05, 0) is 30.5 Å². The second kappa shape index (κ2) is 5.53. The van der Waals surface area contributed by atoms with Crippen LogP contribution >= 0.6 is 0 Å². The van der Waals surface area contributed by atoms with E-state index in [4.69, 9.17) is 5.73 Å². The lowest BCUT2D eigenvalue weighted by Gasteiger charge is -2.21. The number of aromatic nitrogens is 2. The number of hydrogen-bond donors (Lipinski definition) is 1. The van der Waals surface area contributed by atoms with Crippen LogP contribution in [0.5, 0.6) is 0 Å². The molecule has 1 unspecified atom stereocenters. The van der Waals surface area contributed by atoms with Crippen molar-refractivity contribution in [2.75, 3.05) is 6.54 Å². The third-order valence-electron chi connectivity index (χ3n) is 3.47. The summed E-state index contributed by atoms with van der Waals surface area (Å²) in [6.07, 6.45) is 3.43. The molecule has 0 bridgehead atoms. The van der Waals surface area contributed by atoms with Gasteiger partial charge in [-0.3, -0.25) is 4.57 Å². The minimum atomic E-state index is -0.246. The first-order valence-electron chi connectivity index (χ1n) is 6.53. The molecule has 2 aromatic rings. The van der Waals surface area contributed by atoms with Gasteiger partial charge >= 0.3 is 0 Å². The number of hydrogen-bond acceptors (Lipinski definition) is 2. The van der Waals surface area contributed by atoms with E-state index in [1.807, 2.05) is 13.0 Å². The summed E-state index contributed by atoms with van der Waals surface area (Å²) in [4.78, 5) is 4.16. The fourth-order valence-corrected chi connectivity index (χ4v) is 2.32. The van der Waals surface area contributed by atoms with Crippen LogP contribution in [0, 0.1) is 18.7 Å². The van der Waals surface area contributed by atoms with E-state index in [0.717, 1.165) is 11.3 Å². The molecule has 1 atom stereocenters. The highest BCUT2D eigenvalue weighted by Gasteiger charge is 2.20. The zero-order valence-electron chi connectivity index (χ0n) is 11.6. The number of nitrogens with two attached hydrogens (primary N) is 1. The Morgan fingerprint density at radius 3 is 2.74 bits per heavy atom. The summed E-state index contributed by atoms with van der Waals surface area (Å²) in [6.45, 7) is 6.70. The molecule has 1 aromatic heterocycles. The average molecular weight is 261 g/mol. The summed E-state index contributed by atoms with van der Waals surface area (Å²) in [6, 6.07) is 5.08. The molecule has 0 saturated carbocycles. The minimum absolute atomic E-state index is 0.169. The smallest absolute Gasteiger partial charge is 0.147 e. The topological polar surface area (TPSA) is 43.8 Å². The average Bonchev–Trinajstić information content (AvgIpc) is 2.81. The molecule has 3 nitrogen and oxygen atoms in total. The standard InChI is InChI=1S/C15H20FN3/c1-10(2)12(7-17)15-8-18-9-19(15)14-6-11(3)4-5-13(14)16/h4-6,8-10,12H,7,17H2,1-3H3. The van der Waals surface area contributed by atoms with Gasteiger partial charge in [-0.15, -0.1) is 0 Å². The third-order valence-corrected chi connectivity index (χ3v) is 3.47. The van der Waals surface area contributed by atoms with Crippen LogP contribution in [0.25, 0.3) is 5.69 Å². The molecule has 0 fully saturated rings. The predicted molar refractivity (Wildman–Crippen MR) is 74.9 cm³/mol. The quantitative estimate of drug-likeness (QED) is 0.919. The van der Waals surface area contributed by atoms with Crippen molar-refractivity contribution in [2.24, 2.45) is 11.7 Å². The molecule has 19 heavy (non-hydrogen) atoms. The Kier molecular flexibility index (Phi) is 4.00. The zero-order valence-corrected chi connectivity index (χ0v) is 11.6. The minimum Gasteiger partial charge on any atom is -0.330 e. The summed E-state index contributed by atoms with van der Waals surface area (Å²) in [5.74, 6) is 0.306. The molecule has 2 rings (SSSR count). The fourth-order valence-electron chi connectivity index (χ4n) is 2.32. The van der Waals surface area contributed by atoms with E-state index >= 15 is 0 Å². The molecular weight excluding hydrogens is 241 g/mol. The summed E-state index contributed by atoms with van der Waals surface area (Å²) in [7, 11) is 0. The van der Waals surface area contributed by atoms with Gasteiger partial charge in [-0.2, -0.15) is 0 Å². The highest BCUT2D eigenvalue weighted by atomic mass is 19.1. The van der Waals surface area contributed by atoms with E-state index in [1.165, 1.54) is 6.07 Å². The van der Waals surface area contributed by atoms with Gasteiger partial charge in [0, 0.05) is 24.4 Å². The van der Waals surface area contributed by atoms with Gasteiger partial charge in [0.2, 0.25) is 0 Å². The molecule has 0 spiro atoms. The van der Waals surface area contributed by atoms with Crippen molar-refractivity contribution >= 4 is 0 Å². The van der Waals surface area contributed by atoms with Crippen molar-refractivity contribution in [3.63, 3.8) is 0 Å². The Morgan fingerprint density at radius 1 is 1.37 bits per heavy atom. The lowest BCUT2D eigenvalue weighted by molar-refractivity contribution is 0.487. The Hall–Kier alpha value is -1.68. The van der Waals surface area contributed by atoms with Gasteiger partial charge < -0.3 is 5.73 Å². The van der Waals surface area contributed by atoms with Crippen LogP contribution < -0.4 is 5.73 Å². The molecule has 0 aliphatic heterocycles. The maximum Gasteiger partial charge on any atom is 0.147 e. The first kappa shape index (κ1) is 13.7. The van der Waals surface area contributed by atoms with E-state index < -0.39 is 0 Å². The Bertz CT molecular complexity index is 560. The molecule has 102 valence electrons. The SMILES string of the molecule is Cc1ccc(F)c(-n2cncc2C(CN)C(C)C)c1. The van der Waals surface area contributed by atoms with Crippen molar-refractivity contribution in [2.45, 2.75) is 26.7 Å². The first-order valence-corrected chi connectivity index (χ1v) is 6.53. The summed E-state index contributed by atoms with van der Waals surface area (Å²) < 4.78 is 15.8. The van der Waals surface area contributed by atoms with Crippen LogP contribution in [0.3, 0.4) is 0 Å². The molecule has 0 aliphatic carbocycles. The molecule has 1 aromatic carbocycles. The predicted octanol–water partition coefficient (Wildman–Crippen LogP) is 3.02. The van der Waals surface area contributed by atoms with Crippen LogP contribution in [0.15, 0.2) is 30.7 Å². The summed E-state index contributed by atoms with van der Waals surface area (Å²) in [5, 5.41) is 0. The highest BCUT2D eigenvalue weighted by Crippen LogP contribution is 2.26. The largest absolute Gasteiger partial charge is 0.330 e. The van der Waals surface area contributed by atoms with Crippen molar-refractivity contribution < 1.29 is 4.39 Å². The summed E-state index contributed by atoms with van der Waals surface area (Å²) >= 11 is 0. The van der Waals surface area contributed by atoms with E-state index in [1.54, 1.807) is 23.2 Å². The van der Waals surface area contributed by atoms with E-state index in [9.17, 15) is 4.39 Å². The van der Waals surface area contributed by atoms with Gasteiger partial charge in [0.05, 0.1) is 12.0 Å². The molecule has 1 heterocycles. The van der Waals surface area contributed by atoms with Gasteiger partial charge in [0.15, 0.2) is 0 Å². The normalized spacial score (nSPS) is 12.9. The van der Waals surface area contributed by atoms with Crippen LogP contribution in [-0.2, 0) is 0 Å². The Balaban J connectivity index is 2.52. The van der Waals surface area contributed by atoms with Crippen molar-refractivity contribution in [1.82, 2.24) is 9.55 Å². The summed E-state index contributed by atoms with van der Waals surface area (Å²) in [5.41, 5.74) is 8.36. The van der Waals surface area contributed by atoms with E-state index in [0.29, 0.717) is 18.2 Å². The van der Waals surface area contributed by atoms with Gasteiger partial charge in [0.25, 0.3) is 0 Å². The van der Waals surface area contributed by atoms with Crippen molar-refractivity contribution in [3.8, 4) is 5.69 Å². The maximum atomic E-state index is 14.0. The van der Waals surface area contributed by atoms with Gasteiger partial charge in [-0.1, -0.05) is 19.9 Å². The molecule has 0 saturated heterocycles. The van der Waals surface area contributed by atoms with Crippen LogP contribution in [0.4, 0.5) is 4.39 Å². The van der Waals surface area contributed by atoms with Crippen LogP contribution in [0.2, 0.25) is 0 Å². The van der Waals surface area contributed by atoms with Crippen LogP contribution in [0.1, 0.15) is 31.0 Å². The zero-order chi connectivity index (χ0) is 14.0. The monoisotopic (exact) mass is 261 g/mol. The molecule has 0 radical (unpaired) electrons. The Morgan fingerprint density at radius 2 is 2.11 bits per heavy atom. The van der Waals surface area contributed by atoms with Crippen molar-refractivity contribution in [1.29, 1.82) is 0 Å². The second-order valence-corrected chi connectivity index (χ2v) is 5.23. The van der Waals surface area contributed by atoms with Crippen molar-refractivity contribution in [3.05, 3.63) is 47.8 Å². The molecule has 4 heteroatoms. The van der Waals surface area contributed by atoms with E-state index in [-0.39, 0.29) is 11.7 Å². The highest BCUT2D eigenvalue weighted by molar-refractivity contribution is 5.39. The first-order chi connectivity index (χ1) is 9.04. The second-order valence-electron chi connectivity index (χ2n) is 5.23. The van der Waals surface area contributed by atoms with E-state index in [2.05, 4.69) is 18.8 Å². The number of halogens is 1. The number of rotatable bonds is 4. The third kappa shape index (κ3) is 2.68. The maximum absolute atomic E-state index is 14.0. The number of benzene rings is 1. The number of nitrogens with zero attached hydrogens (tertiary/aromatic N) is 2. The lowest BCUT2D eigenvalue weighted by Crippen LogP contribution is -2.20. The lowest BCUT2D eigenvalue weighted by atomic mass is 9.93. The number of aryl methyl sites for hydroxylation is 1. The van der Waals surface area contributed by atoms with Gasteiger partial charge in [-0.25, -0.2) is 9.37 Å². The molecule has 0 aliphatic rings. The molecule has 2 N–H and O–H groups in total. The van der Waals surface area contributed by atoms with Crippen LogP contribution in [-0.4, -0.2) is 16.1 Å². The molecular formula is C15H20FN3. The number of imidazole rings is 1.